The summed E-state index contributed by atoms with van der Waals surface area (Å²) in [6.45, 7) is 3.93. The number of aryl methyl sites for hydroxylation is 1. The van der Waals surface area contributed by atoms with Gasteiger partial charge in [0.05, 0.1) is 11.1 Å². The van der Waals surface area contributed by atoms with Crippen molar-refractivity contribution in [2.24, 2.45) is 0 Å². The van der Waals surface area contributed by atoms with Crippen LogP contribution in [0.5, 0.6) is 0 Å². The lowest BCUT2D eigenvalue weighted by atomic mass is 10.1. The molecule has 0 bridgehead atoms. The smallest absolute Gasteiger partial charge is 0.142 e. The predicted octanol–water partition coefficient (Wildman–Crippen LogP) is 6.22. The highest BCUT2D eigenvalue weighted by molar-refractivity contribution is 14.1. The molecule has 0 amide bonds. The Morgan fingerprint density at radius 3 is 2.55 bits per heavy atom. The Labute approximate surface area is 141 Å². The number of hydrogen-bond donors (Lipinski definition) is 1. The summed E-state index contributed by atoms with van der Waals surface area (Å²) in [4.78, 5) is 0. The zero-order valence-electron chi connectivity index (χ0n) is 11.0. The Balaban J connectivity index is 2.33. The number of nitrogens with one attached hydrogen (secondary N) is 1. The topological polar surface area (TPSA) is 12.0 Å². The van der Waals surface area contributed by atoms with Crippen molar-refractivity contribution in [2.75, 3.05) is 5.32 Å². The summed E-state index contributed by atoms with van der Waals surface area (Å²) in [6.07, 6.45) is 0. The van der Waals surface area contributed by atoms with Gasteiger partial charge in [0.25, 0.3) is 0 Å². The van der Waals surface area contributed by atoms with Crippen molar-refractivity contribution in [3.05, 3.63) is 60.9 Å². The average Bonchev–Trinajstić information content (AvgIpc) is 2.38. The van der Waals surface area contributed by atoms with Gasteiger partial charge in [0, 0.05) is 19.8 Å². The Bertz CT molecular complexity index is 646. The molecule has 0 aromatic heterocycles. The van der Waals surface area contributed by atoms with Crippen molar-refractivity contribution in [1.29, 1.82) is 0 Å². The first-order chi connectivity index (χ1) is 9.40. The van der Waals surface area contributed by atoms with Crippen LogP contribution in [0, 0.1) is 16.3 Å². The molecule has 0 saturated heterocycles. The van der Waals surface area contributed by atoms with E-state index < -0.39 is 5.82 Å². The van der Waals surface area contributed by atoms with Crippen LogP contribution in [0.25, 0.3) is 0 Å². The molecule has 1 atom stereocenters. The zero-order valence-corrected chi connectivity index (χ0v) is 14.6. The van der Waals surface area contributed by atoms with E-state index in [0.717, 1.165) is 11.3 Å². The van der Waals surface area contributed by atoms with Crippen LogP contribution in [-0.4, -0.2) is 0 Å². The molecule has 2 aromatic rings. The first kappa shape index (κ1) is 15.9. The summed E-state index contributed by atoms with van der Waals surface area (Å²) in [5.41, 5.74) is 2.67. The van der Waals surface area contributed by atoms with Crippen LogP contribution in [0.2, 0.25) is 10.0 Å². The third-order valence-corrected chi connectivity index (χ3v) is 4.46. The maximum Gasteiger partial charge on any atom is 0.142 e. The van der Waals surface area contributed by atoms with Crippen molar-refractivity contribution in [2.45, 2.75) is 19.9 Å². The molecule has 20 heavy (non-hydrogen) atoms. The molecule has 0 aliphatic carbocycles. The summed E-state index contributed by atoms with van der Waals surface area (Å²) in [5.74, 6) is -0.459. The molecule has 0 radical (unpaired) electrons. The second-order valence-electron chi connectivity index (χ2n) is 4.58. The van der Waals surface area contributed by atoms with E-state index in [1.54, 1.807) is 0 Å². The summed E-state index contributed by atoms with van der Waals surface area (Å²) >= 11 is 14.4. The molecule has 0 aliphatic heterocycles. The van der Waals surface area contributed by atoms with Crippen LogP contribution in [0.3, 0.4) is 0 Å². The van der Waals surface area contributed by atoms with Gasteiger partial charge in [0.2, 0.25) is 0 Å². The van der Waals surface area contributed by atoms with Gasteiger partial charge >= 0.3 is 0 Å². The number of benzene rings is 2. The van der Waals surface area contributed by atoms with E-state index in [1.165, 1.54) is 15.7 Å². The van der Waals surface area contributed by atoms with Gasteiger partial charge in [-0.3, -0.25) is 0 Å². The third-order valence-electron chi connectivity index (χ3n) is 3.07. The standard InChI is InChI=1S/C15H13Cl2FIN/c1-8-7-10(19)3-6-13(8)20-9(2)14-11(16)4-5-12(18)15(14)17/h3-7,9,20H,1-2H3. The number of rotatable bonds is 3. The maximum atomic E-state index is 13.6. The first-order valence-corrected chi connectivity index (χ1v) is 7.89. The van der Waals surface area contributed by atoms with Gasteiger partial charge in [0.15, 0.2) is 0 Å². The SMILES string of the molecule is Cc1cc(I)ccc1NC(C)c1c(Cl)ccc(F)c1Cl. The van der Waals surface area contributed by atoms with Crippen LogP contribution in [0.1, 0.15) is 24.1 Å². The average molecular weight is 424 g/mol. The molecule has 1 nitrogen and oxygen atoms in total. The molecule has 1 N–H and O–H groups in total. The molecule has 0 heterocycles. The van der Waals surface area contributed by atoms with Gasteiger partial charge in [0.1, 0.15) is 5.82 Å². The fourth-order valence-corrected chi connectivity index (χ4v) is 3.38. The molecule has 0 fully saturated rings. The summed E-state index contributed by atoms with van der Waals surface area (Å²) in [7, 11) is 0. The molecule has 0 aliphatic rings. The number of anilines is 1. The Morgan fingerprint density at radius 2 is 1.90 bits per heavy atom. The molecule has 2 aromatic carbocycles. The highest BCUT2D eigenvalue weighted by Crippen LogP contribution is 2.34. The molecular weight excluding hydrogens is 411 g/mol. The first-order valence-electron chi connectivity index (χ1n) is 6.06. The van der Waals surface area contributed by atoms with Gasteiger partial charge in [-0.05, 0) is 72.3 Å². The summed E-state index contributed by atoms with van der Waals surface area (Å²) in [5, 5.41) is 3.85. The molecule has 0 saturated carbocycles. The molecule has 2 rings (SSSR count). The minimum atomic E-state index is -0.459. The lowest BCUT2D eigenvalue weighted by molar-refractivity contribution is 0.624. The van der Waals surface area contributed by atoms with Crippen LogP contribution >= 0.6 is 45.8 Å². The van der Waals surface area contributed by atoms with E-state index in [4.69, 9.17) is 23.2 Å². The Kier molecular flexibility index (Phi) is 5.15. The van der Waals surface area contributed by atoms with Crippen molar-refractivity contribution >= 4 is 51.5 Å². The van der Waals surface area contributed by atoms with Gasteiger partial charge in [-0.15, -0.1) is 0 Å². The monoisotopic (exact) mass is 423 g/mol. The largest absolute Gasteiger partial charge is 0.378 e. The van der Waals surface area contributed by atoms with Gasteiger partial charge < -0.3 is 5.32 Å². The van der Waals surface area contributed by atoms with E-state index in [2.05, 4.69) is 34.0 Å². The molecule has 5 heteroatoms. The zero-order chi connectivity index (χ0) is 14.9. The van der Waals surface area contributed by atoms with Crippen molar-refractivity contribution in [3.8, 4) is 0 Å². The quantitative estimate of drug-likeness (QED) is 0.456. The Hall–Kier alpha value is -0.520. The second kappa shape index (κ2) is 6.50. The predicted molar refractivity (Wildman–Crippen MR) is 92.4 cm³/mol. The summed E-state index contributed by atoms with van der Waals surface area (Å²) < 4.78 is 14.7. The van der Waals surface area contributed by atoms with Crippen LogP contribution in [0.4, 0.5) is 10.1 Å². The highest BCUT2D eigenvalue weighted by Gasteiger charge is 2.17. The van der Waals surface area contributed by atoms with Crippen molar-refractivity contribution in [3.63, 3.8) is 0 Å². The summed E-state index contributed by atoms with van der Waals surface area (Å²) in [6, 6.07) is 8.69. The molecule has 106 valence electrons. The lowest BCUT2D eigenvalue weighted by Gasteiger charge is -2.20. The van der Waals surface area contributed by atoms with E-state index in [1.807, 2.05) is 26.0 Å². The minimum absolute atomic E-state index is 0.0701. The Morgan fingerprint density at radius 1 is 1.20 bits per heavy atom. The van der Waals surface area contributed by atoms with Crippen molar-refractivity contribution in [1.82, 2.24) is 0 Å². The number of hydrogen-bond acceptors (Lipinski definition) is 1. The fraction of sp³-hybridized carbons (Fsp3) is 0.200. The van der Waals surface area contributed by atoms with E-state index in [9.17, 15) is 4.39 Å². The van der Waals surface area contributed by atoms with Crippen LogP contribution < -0.4 is 5.32 Å². The minimum Gasteiger partial charge on any atom is -0.378 e. The van der Waals surface area contributed by atoms with Crippen LogP contribution in [0.15, 0.2) is 30.3 Å². The lowest BCUT2D eigenvalue weighted by Crippen LogP contribution is -2.09. The highest BCUT2D eigenvalue weighted by atomic mass is 127. The number of halogens is 4. The van der Waals surface area contributed by atoms with E-state index >= 15 is 0 Å². The van der Waals surface area contributed by atoms with Crippen LogP contribution in [-0.2, 0) is 0 Å². The normalized spacial score (nSPS) is 12.3. The molecule has 0 spiro atoms. The van der Waals surface area contributed by atoms with Crippen molar-refractivity contribution < 1.29 is 4.39 Å². The van der Waals surface area contributed by atoms with E-state index in [0.29, 0.717) is 10.6 Å². The maximum absolute atomic E-state index is 13.6. The van der Waals surface area contributed by atoms with Gasteiger partial charge in [-0.2, -0.15) is 0 Å². The fourth-order valence-electron chi connectivity index (χ4n) is 2.03. The second-order valence-corrected chi connectivity index (χ2v) is 6.61. The molecule has 1 unspecified atom stereocenters. The van der Waals surface area contributed by atoms with E-state index in [-0.39, 0.29) is 11.1 Å². The molecular formula is C15H13Cl2FIN. The third kappa shape index (κ3) is 3.38. The van der Waals surface area contributed by atoms with Gasteiger partial charge in [-0.1, -0.05) is 23.2 Å². The van der Waals surface area contributed by atoms with Gasteiger partial charge in [-0.25, -0.2) is 4.39 Å².